The van der Waals surface area contributed by atoms with Crippen LogP contribution < -0.4 is 19.4 Å². The average Bonchev–Trinajstić information content (AvgIpc) is 3.00. The fourth-order valence-corrected chi connectivity index (χ4v) is 4.83. The number of anilines is 3. The Labute approximate surface area is 261 Å². The monoisotopic (exact) mass is 623 g/mol. The third-order valence-corrected chi connectivity index (χ3v) is 6.98. The Bertz CT molecular complexity index is 1250. The summed E-state index contributed by atoms with van der Waals surface area (Å²) in [5.74, 6) is 0.309. The van der Waals surface area contributed by atoms with Crippen molar-refractivity contribution in [2.24, 2.45) is 5.41 Å². The summed E-state index contributed by atoms with van der Waals surface area (Å²) in [7, 11) is 0. The van der Waals surface area contributed by atoms with Gasteiger partial charge in [-0.05, 0) is 76.4 Å². The molecule has 8 nitrogen and oxygen atoms in total. The van der Waals surface area contributed by atoms with E-state index in [0.29, 0.717) is 31.1 Å². The van der Waals surface area contributed by atoms with Crippen LogP contribution in [0.4, 0.5) is 17.1 Å². The number of rotatable bonds is 11. The molecule has 41 heavy (non-hydrogen) atoms. The predicted molar refractivity (Wildman–Crippen MR) is 173 cm³/mol. The molecule has 0 radical (unpaired) electrons. The van der Waals surface area contributed by atoms with E-state index in [4.69, 9.17) is 4.74 Å². The van der Waals surface area contributed by atoms with E-state index in [1.54, 1.807) is 29.8 Å². The van der Waals surface area contributed by atoms with Crippen LogP contribution in [0.15, 0.2) is 67.3 Å². The normalized spacial score (nSPS) is 13.7. The van der Waals surface area contributed by atoms with Crippen LogP contribution >= 0.6 is 37.2 Å². The van der Waals surface area contributed by atoms with Gasteiger partial charge in [0.1, 0.15) is 11.2 Å². The quantitative estimate of drug-likeness (QED) is 0.192. The van der Waals surface area contributed by atoms with E-state index in [0.717, 1.165) is 37.3 Å². The van der Waals surface area contributed by atoms with Crippen molar-refractivity contribution >= 4 is 66.1 Å². The van der Waals surface area contributed by atoms with E-state index in [2.05, 4.69) is 20.9 Å². The van der Waals surface area contributed by atoms with Gasteiger partial charge in [-0.15, -0.1) is 37.2 Å². The molecule has 0 aliphatic carbocycles. The van der Waals surface area contributed by atoms with Crippen molar-refractivity contribution in [2.75, 3.05) is 47.5 Å². The first-order valence-corrected chi connectivity index (χ1v) is 13.3. The number of hydrogen-bond acceptors (Lipinski definition) is 6. The minimum absolute atomic E-state index is 0. The van der Waals surface area contributed by atoms with Gasteiger partial charge in [-0.1, -0.05) is 6.07 Å². The third-order valence-electron chi connectivity index (χ3n) is 6.98. The van der Waals surface area contributed by atoms with Crippen LogP contribution in [0.2, 0.25) is 0 Å². The number of carbonyl (C=O) groups excluding carboxylic acids is 2. The number of carbonyl (C=O) groups is 2. The molecule has 2 aromatic heterocycles. The van der Waals surface area contributed by atoms with E-state index in [-0.39, 0.29) is 49.0 Å². The summed E-state index contributed by atoms with van der Waals surface area (Å²) in [6.07, 6.45) is 9.03. The lowest BCUT2D eigenvalue weighted by atomic mass is 9.90. The number of amides is 2. The molecule has 1 aliphatic heterocycles. The highest BCUT2D eigenvalue weighted by atomic mass is 35.5. The minimum atomic E-state index is -1.13. The summed E-state index contributed by atoms with van der Waals surface area (Å²) >= 11 is 0. The molecule has 0 atom stereocenters. The molecular formula is C30H40Cl3N5O3. The van der Waals surface area contributed by atoms with Crippen LogP contribution in [-0.2, 0) is 16.0 Å². The van der Waals surface area contributed by atoms with Crippen molar-refractivity contribution in [1.29, 1.82) is 0 Å². The highest BCUT2D eigenvalue weighted by Crippen LogP contribution is 2.40. The maximum absolute atomic E-state index is 13.3. The van der Waals surface area contributed by atoms with Crippen LogP contribution in [0, 0.1) is 5.41 Å². The summed E-state index contributed by atoms with van der Waals surface area (Å²) in [6.45, 7) is 10.4. The Balaban J connectivity index is 0.00000280. The number of fused-ring (bicyclic) bond motifs is 1. The Hall–Kier alpha value is -3.07. The lowest BCUT2D eigenvalue weighted by Gasteiger charge is -2.27. The first-order valence-electron chi connectivity index (χ1n) is 13.3. The summed E-state index contributed by atoms with van der Waals surface area (Å²) in [6, 6.07) is 13.8. The number of benzene rings is 1. The molecule has 1 aromatic carbocycles. The first kappa shape index (κ1) is 36.0. The van der Waals surface area contributed by atoms with Crippen molar-refractivity contribution in [3.05, 3.63) is 72.8 Å². The van der Waals surface area contributed by atoms with E-state index >= 15 is 0 Å². The van der Waals surface area contributed by atoms with Crippen LogP contribution in [0.5, 0.6) is 5.75 Å². The zero-order valence-corrected chi connectivity index (χ0v) is 26.4. The maximum Gasteiger partial charge on any atom is 0.242 e. The van der Waals surface area contributed by atoms with Gasteiger partial charge in [0.25, 0.3) is 0 Å². The van der Waals surface area contributed by atoms with Crippen molar-refractivity contribution < 1.29 is 14.3 Å². The fourth-order valence-electron chi connectivity index (χ4n) is 4.83. The predicted octanol–water partition coefficient (Wildman–Crippen LogP) is 6.01. The van der Waals surface area contributed by atoms with Gasteiger partial charge in [0.15, 0.2) is 0 Å². The van der Waals surface area contributed by atoms with Gasteiger partial charge in [-0.3, -0.25) is 19.6 Å². The molecule has 4 rings (SSSR count). The minimum Gasteiger partial charge on any atom is -0.493 e. The molecular weight excluding hydrogens is 585 g/mol. The molecule has 3 heterocycles. The summed E-state index contributed by atoms with van der Waals surface area (Å²) in [4.78, 5) is 40.6. The van der Waals surface area contributed by atoms with Gasteiger partial charge < -0.3 is 19.4 Å². The van der Waals surface area contributed by atoms with E-state index in [1.807, 2.05) is 68.8 Å². The van der Waals surface area contributed by atoms with Crippen molar-refractivity contribution in [1.82, 2.24) is 9.97 Å². The standard InChI is InChI=1S/C30H37N5O3.3ClH/c1-5-34-26-11-10-25(21-27(26)35(6-2)29(37)30(3,4)28(34)36)38-20-8-18-33(24-12-16-31-17-13-24)19-14-23-9-7-15-32-22-23;;;/h7,9-13,15-17,21-22H,5-6,8,14,18-20H2,1-4H3;3*1H. The molecule has 224 valence electrons. The van der Waals surface area contributed by atoms with Crippen LogP contribution in [0.1, 0.15) is 39.7 Å². The molecule has 0 unspecified atom stereocenters. The number of nitrogens with zero attached hydrogens (tertiary/aromatic N) is 5. The first-order chi connectivity index (χ1) is 18.4. The maximum atomic E-state index is 13.3. The van der Waals surface area contributed by atoms with E-state index in [9.17, 15) is 9.59 Å². The second-order valence-corrected chi connectivity index (χ2v) is 9.88. The number of hydrogen-bond donors (Lipinski definition) is 0. The molecule has 0 bridgehead atoms. The SMILES string of the molecule is CCN1C(=O)C(C)(C)C(=O)N(CC)c2cc(OCCCN(CCc3cccnc3)c3ccncc3)ccc21.Cl.Cl.Cl. The zero-order chi connectivity index (χ0) is 27.1. The number of pyridine rings is 2. The van der Waals surface area contributed by atoms with Gasteiger partial charge in [0, 0.05) is 62.7 Å². The molecule has 3 aromatic rings. The lowest BCUT2D eigenvalue weighted by Crippen LogP contribution is -2.48. The van der Waals surface area contributed by atoms with E-state index in [1.165, 1.54) is 5.56 Å². The Morgan fingerprint density at radius 3 is 2.10 bits per heavy atom. The largest absolute Gasteiger partial charge is 0.493 e. The number of aromatic nitrogens is 2. The van der Waals surface area contributed by atoms with Gasteiger partial charge >= 0.3 is 0 Å². The molecule has 2 amide bonds. The number of ether oxygens (including phenoxy) is 1. The Kier molecular flexibility index (Phi) is 14.4. The van der Waals surface area contributed by atoms with Gasteiger partial charge in [-0.25, -0.2) is 0 Å². The molecule has 0 saturated carbocycles. The van der Waals surface area contributed by atoms with Crippen molar-refractivity contribution in [2.45, 2.75) is 40.5 Å². The molecule has 0 spiro atoms. The average molecular weight is 625 g/mol. The topological polar surface area (TPSA) is 78.9 Å². The van der Waals surface area contributed by atoms with E-state index < -0.39 is 5.41 Å². The Morgan fingerprint density at radius 1 is 0.829 bits per heavy atom. The summed E-state index contributed by atoms with van der Waals surface area (Å²) in [5.41, 5.74) is 2.65. The third kappa shape index (κ3) is 8.24. The summed E-state index contributed by atoms with van der Waals surface area (Å²) < 4.78 is 6.15. The molecule has 1 aliphatic rings. The highest BCUT2D eigenvalue weighted by molar-refractivity contribution is 6.20. The van der Waals surface area contributed by atoms with Gasteiger partial charge in [-0.2, -0.15) is 0 Å². The Morgan fingerprint density at radius 2 is 1.49 bits per heavy atom. The van der Waals surface area contributed by atoms with Crippen molar-refractivity contribution in [3.63, 3.8) is 0 Å². The van der Waals surface area contributed by atoms with Crippen molar-refractivity contribution in [3.8, 4) is 5.75 Å². The van der Waals surface area contributed by atoms with Crippen LogP contribution in [0.3, 0.4) is 0 Å². The highest BCUT2D eigenvalue weighted by Gasteiger charge is 2.45. The number of halogens is 3. The summed E-state index contributed by atoms with van der Waals surface area (Å²) in [5, 5.41) is 0. The zero-order valence-electron chi connectivity index (χ0n) is 24.0. The van der Waals surface area contributed by atoms with Gasteiger partial charge in [0.2, 0.25) is 11.8 Å². The second-order valence-electron chi connectivity index (χ2n) is 9.88. The fraction of sp³-hybridized carbons (Fsp3) is 0.400. The second kappa shape index (κ2) is 16.4. The smallest absolute Gasteiger partial charge is 0.242 e. The van der Waals surface area contributed by atoms with Gasteiger partial charge in [0.05, 0.1) is 18.0 Å². The molecule has 11 heteroatoms. The molecule has 0 saturated heterocycles. The van der Waals surface area contributed by atoms with Crippen LogP contribution in [0.25, 0.3) is 0 Å². The lowest BCUT2D eigenvalue weighted by molar-refractivity contribution is -0.137. The van der Waals surface area contributed by atoms with Crippen LogP contribution in [-0.4, -0.2) is 54.6 Å². The molecule has 0 N–H and O–H groups in total. The molecule has 0 fully saturated rings.